The van der Waals surface area contributed by atoms with Crippen LogP contribution in [-0.2, 0) is 12.5 Å². The molecule has 0 saturated heterocycles. The first-order valence-electron chi connectivity index (χ1n) is 5.96. The maximum Gasteiger partial charge on any atom is 0.0541 e. The first-order valence-corrected chi connectivity index (χ1v) is 5.96. The van der Waals surface area contributed by atoms with Gasteiger partial charge in [-0.3, -0.25) is 4.68 Å². The van der Waals surface area contributed by atoms with Crippen molar-refractivity contribution in [1.29, 1.82) is 0 Å². The summed E-state index contributed by atoms with van der Waals surface area (Å²) < 4.78 is 1.94. The molecule has 0 aromatic carbocycles. The number of rotatable bonds is 2. The van der Waals surface area contributed by atoms with Gasteiger partial charge in [-0.25, -0.2) is 0 Å². The van der Waals surface area contributed by atoms with Crippen LogP contribution in [0.4, 0.5) is 0 Å². The summed E-state index contributed by atoms with van der Waals surface area (Å²) in [5.74, 6) is 0. The minimum Gasteiger partial charge on any atom is -0.393 e. The van der Waals surface area contributed by atoms with Gasteiger partial charge in [-0.05, 0) is 38.2 Å². The van der Waals surface area contributed by atoms with E-state index in [0.29, 0.717) is 6.54 Å². The van der Waals surface area contributed by atoms with Crippen LogP contribution in [-0.4, -0.2) is 27.5 Å². The molecule has 1 aliphatic carbocycles. The fourth-order valence-electron chi connectivity index (χ4n) is 3.00. The quantitative estimate of drug-likeness (QED) is 0.781. The van der Waals surface area contributed by atoms with E-state index >= 15 is 0 Å². The highest BCUT2D eigenvalue weighted by molar-refractivity contribution is 5.27. The first-order chi connectivity index (χ1) is 7.59. The zero-order valence-corrected chi connectivity index (χ0v) is 10.1. The zero-order chi connectivity index (χ0) is 11.8. The van der Waals surface area contributed by atoms with Crippen LogP contribution in [0.3, 0.4) is 0 Å². The Bertz CT molecular complexity index is 345. The van der Waals surface area contributed by atoms with E-state index in [1.54, 1.807) is 0 Å². The highest BCUT2D eigenvalue weighted by atomic mass is 16.3. The lowest BCUT2D eigenvalue weighted by molar-refractivity contribution is 0.0947. The third-order valence-corrected chi connectivity index (χ3v) is 3.93. The molecule has 0 radical (unpaired) electrons. The van der Waals surface area contributed by atoms with E-state index in [-0.39, 0.29) is 11.5 Å². The van der Waals surface area contributed by atoms with Crippen molar-refractivity contribution < 1.29 is 5.11 Å². The van der Waals surface area contributed by atoms with Crippen molar-refractivity contribution >= 4 is 0 Å². The highest BCUT2D eigenvalue weighted by Gasteiger charge is 2.38. The molecule has 0 atom stereocenters. The van der Waals surface area contributed by atoms with Crippen molar-refractivity contribution in [2.75, 3.05) is 6.54 Å². The van der Waals surface area contributed by atoms with Gasteiger partial charge in [0.2, 0.25) is 0 Å². The fourth-order valence-corrected chi connectivity index (χ4v) is 3.00. The Balaban J connectivity index is 2.35. The standard InChI is InChI=1S/C12H21N3O/c1-9-7-14-15(2)11(9)12(8-13)5-3-10(16)4-6-12/h7,10,16H,3-6,8,13H2,1-2H3. The number of aliphatic hydroxyl groups is 1. The first kappa shape index (κ1) is 11.6. The molecular formula is C12H21N3O. The monoisotopic (exact) mass is 223 g/mol. The van der Waals surface area contributed by atoms with E-state index in [0.717, 1.165) is 25.7 Å². The molecule has 16 heavy (non-hydrogen) atoms. The maximum absolute atomic E-state index is 9.61. The van der Waals surface area contributed by atoms with Gasteiger partial charge in [-0.1, -0.05) is 0 Å². The van der Waals surface area contributed by atoms with Crippen molar-refractivity contribution in [2.45, 2.75) is 44.1 Å². The second-order valence-electron chi connectivity index (χ2n) is 5.02. The van der Waals surface area contributed by atoms with Crippen LogP contribution < -0.4 is 5.73 Å². The lowest BCUT2D eigenvalue weighted by Gasteiger charge is -2.38. The minimum atomic E-state index is -0.145. The number of hydrogen-bond donors (Lipinski definition) is 2. The SMILES string of the molecule is Cc1cnn(C)c1C1(CN)CCC(O)CC1. The zero-order valence-electron chi connectivity index (χ0n) is 10.1. The molecule has 0 aliphatic heterocycles. The molecule has 0 amide bonds. The number of hydrogen-bond acceptors (Lipinski definition) is 3. The van der Waals surface area contributed by atoms with Crippen molar-refractivity contribution in [3.8, 4) is 0 Å². The molecule has 1 aromatic heterocycles. The number of aliphatic hydroxyl groups excluding tert-OH is 1. The van der Waals surface area contributed by atoms with Crippen LogP contribution in [0.15, 0.2) is 6.20 Å². The second kappa shape index (κ2) is 4.18. The Morgan fingerprint density at radius 2 is 2.19 bits per heavy atom. The topological polar surface area (TPSA) is 64.1 Å². The third-order valence-electron chi connectivity index (χ3n) is 3.93. The molecule has 1 saturated carbocycles. The second-order valence-corrected chi connectivity index (χ2v) is 5.02. The van der Waals surface area contributed by atoms with E-state index in [1.807, 2.05) is 17.9 Å². The van der Waals surface area contributed by atoms with Crippen molar-refractivity contribution in [1.82, 2.24) is 9.78 Å². The summed E-state index contributed by atoms with van der Waals surface area (Å²) in [4.78, 5) is 0. The molecule has 1 aliphatic rings. The predicted molar refractivity (Wildman–Crippen MR) is 63.2 cm³/mol. The average Bonchev–Trinajstić information content (AvgIpc) is 2.62. The number of nitrogens with zero attached hydrogens (tertiary/aromatic N) is 2. The summed E-state index contributed by atoms with van der Waals surface area (Å²) in [6.07, 6.45) is 5.38. The van der Waals surface area contributed by atoms with E-state index in [4.69, 9.17) is 5.73 Å². The molecule has 1 heterocycles. The molecule has 4 nitrogen and oxygen atoms in total. The van der Waals surface area contributed by atoms with E-state index < -0.39 is 0 Å². The number of nitrogens with two attached hydrogens (primary N) is 1. The van der Waals surface area contributed by atoms with Crippen LogP contribution in [0.25, 0.3) is 0 Å². The van der Waals surface area contributed by atoms with Crippen LogP contribution >= 0.6 is 0 Å². The van der Waals surface area contributed by atoms with Gasteiger partial charge in [-0.2, -0.15) is 5.10 Å². The minimum absolute atomic E-state index is 0.0224. The number of aryl methyl sites for hydroxylation is 2. The molecule has 0 spiro atoms. The van der Waals surface area contributed by atoms with Gasteiger partial charge in [0.15, 0.2) is 0 Å². The molecule has 2 rings (SSSR count). The molecule has 1 aromatic rings. The van der Waals surface area contributed by atoms with Crippen LogP contribution in [0.5, 0.6) is 0 Å². The lowest BCUT2D eigenvalue weighted by atomic mass is 9.70. The Hall–Kier alpha value is -0.870. The molecule has 0 unspecified atom stereocenters. The molecule has 0 bridgehead atoms. The van der Waals surface area contributed by atoms with Crippen molar-refractivity contribution in [2.24, 2.45) is 12.8 Å². The molecule has 4 heteroatoms. The summed E-state index contributed by atoms with van der Waals surface area (Å²) in [5.41, 5.74) is 8.48. The predicted octanol–water partition coefficient (Wildman–Crippen LogP) is 0.860. The largest absolute Gasteiger partial charge is 0.393 e. The molecule has 90 valence electrons. The molecule has 3 N–H and O–H groups in total. The Morgan fingerprint density at radius 3 is 2.62 bits per heavy atom. The van der Waals surface area contributed by atoms with Gasteiger partial charge in [0.25, 0.3) is 0 Å². The van der Waals surface area contributed by atoms with Gasteiger partial charge >= 0.3 is 0 Å². The summed E-state index contributed by atoms with van der Waals surface area (Å²) in [6, 6.07) is 0. The van der Waals surface area contributed by atoms with E-state index in [9.17, 15) is 5.11 Å². The van der Waals surface area contributed by atoms with Crippen LogP contribution in [0.2, 0.25) is 0 Å². The van der Waals surface area contributed by atoms with Gasteiger partial charge in [0, 0.05) is 24.7 Å². The lowest BCUT2D eigenvalue weighted by Crippen LogP contribution is -2.42. The van der Waals surface area contributed by atoms with Crippen molar-refractivity contribution in [3.63, 3.8) is 0 Å². The number of aromatic nitrogens is 2. The maximum atomic E-state index is 9.61. The van der Waals surface area contributed by atoms with Crippen molar-refractivity contribution in [3.05, 3.63) is 17.5 Å². The summed E-state index contributed by atoms with van der Waals surface area (Å²) in [6.45, 7) is 2.73. The Kier molecular flexibility index (Phi) is 3.04. The Labute approximate surface area is 96.5 Å². The third kappa shape index (κ3) is 1.76. The summed E-state index contributed by atoms with van der Waals surface area (Å²) in [7, 11) is 1.98. The van der Waals surface area contributed by atoms with Gasteiger partial charge < -0.3 is 10.8 Å². The molecule has 1 fully saturated rings. The summed E-state index contributed by atoms with van der Waals surface area (Å²) >= 11 is 0. The van der Waals surface area contributed by atoms with Gasteiger partial charge in [0.05, 0.1) is 12.3 Å². The van der Waals surface area contributed by atoms with Crippen LogP contribution in [0, 0.1) is 6.92 Å². The van der Waals surface area contributed by atoms with Gasteiger partial charge in [-0.15, -0.1) is 0 Å². The average molecular weight is 223 g/mol. The van der Waals surface area contributed by atoms with E-state index in [1.165, 1.54) is 11.3 Å². The fraction of sp³-hybridized carbons (Fsp3) is 0.750. The van der Waals surface area contributed by atoms with E-state index in [2.05, 4.69) is 12.0 Å². The van der Waals surface area contributed by atoms with Crippen LogP contribution in [0.1, 0.15) is 36.9 Å². The highest BCUT2D eigenvalue weighted by Crippen LogP contribution is 2.39. The normalized spacial score (nSPS) is 30.6. The Morgan fingerprint density at radius 1 is 1.56 bits per heavy atom. The smallest absolute Gasteiger partial charge is 0.0541 e. The summed E-state index contributed by atoms with van der Waals surface area (Å²) in [5, 5.41) is 13.9. The molecular weight excluding hydrogens is 202 g/mol. The van der Waals surface area contributed by atoms with Gasteiger partial charge in [0.1, 0.15) is 0 Å².